The summed E-state index contributed by atoms with van der Waals surface area (Å²) in [5.74, 6) is 0. The topological polar surface area (TPSA) is 41.9 Å². The Morgan fingerprint density at radius 3 is 2.71 bits per heavy atom. The monoisotopic (exact) mass is 336 g/mol. The fourth-order valence-corrected chi connectivity index (χ4v) is 2.79. The minimum Gasteiger partial charge on any atom is -0.332 e. The maximum Gasteiger partial charge on any atom is 0.175 e. The summed E-state index contributed by atoms with van der Waals surface area (Å²) >= 11 is 5.43. The fraction of sp³-hybridized carbons (Fsp3) is 0.158. The van der Waals surface area contributed by atoms with Gasteiger partial charge in [-0.05, 0) is 61.5 Å². The number of benzene rings is 2. The lowest BCUT2D eigenvalue weighted by Gasteiger charge is -2.13. The second-order valence-corrected chi connectivity index (χ2v) is 6.21. The van der Waals surface area contributed by atoms with Crippen molar-refractivity contribution in [3.63, 3.8) is 0 Å². The van der Waals surface area contributed by atoms with E-state index < -0.39 is 0 Å². The van der Waals surface area contributed by atoms with Crippen molar-refractivity contribution < 1.29 is 0 Å². The SMILES string of the molecule is Cc1ccc(NC(=S)Nc2cccc(Cn3cccn3)c2)c(C)c1. The van der Waals surface area contributed by atoms with Crippen LogP contribution in [0.2, 0.25) is 0 Å². The Morgan fingerprint density at radius 1 is 1.08 bits per heavy atom. The molecule has 0 saturated carbocycles. The van der Waals surface area contributed by atoms with Crippen LogP contribution in [0.5, 0.6) is 0 Å². The first kappa shape index (κ1) is 16.2. The van der Waals surface area contributed by atoms with Gasteiger partial charge < -0.3 is 10.6 Å². The van der Waals surface area contributed by atoms with Gasteiger partial charge in [0, 0.05) is 23.8 Å². The second kappa shape index (κ2) is 7.27. The molecule has 0 spiro atoms. The molecule has 0 atom stereocenters. The van der Waals surface area contributed by atoms with Crippen LogP contribution in [0.1, 0.15) is 16.7 Å². The minimum absolute atomic E-state index is 0.582. The van der Waals surface area contributed by atoms with E-state index in [1.54, 1.807) is 6.20 Å². The lowest BCUT2D eigenvalue weighted by Crippen LogP contribution is -2.19. The molecule has 0 amide bonds. The van der Waals surface area contributed by atoms with Gasteiger partial charge >= 0.3 is 0 Å². The lowest BCUT2D eigenvalue weighted by molar-refractivity contribution is 0.687. The second-order valence-electron chi connectivity index (χ2n) is 5.80. The van der Waals surface area contributed by atoms with E-state index in [4.69, 9.17) is 12.2 Å². The number of nitrogens with one attached hydrogen (secondary N) is 2. The largest absolute Gasteiger partial charge is 0.332 e. The number of aromatic nitrogens is 2. The van der Waals surface area contributed by atoms with E-state index in [-0.39, 0.29) is 0 Å². The average molecular weight is 336 g/mol. The third-order valence-corrected chi connectivity index (χ3v) is 3.92. The summed E-state index contributed by atoms with van der Waals surface area (Å²) in [5, 5.41) is 11.3. The molecule has 0 saturated heterocycles. The maximum atomic E-state index is 5.43. The van der Waals surface area contributed by atoms with Crippen molar-refractivity contribution in [2.75, 3.05) is 10.6 Å². The van der Waals surface area contributed by atoms with Crippen molar-refractivity contribution >= 4 is 28.7 Å². The number of hydrogen-bond acceptors (Lipinski definition) is 2. The molecular weight excluding hydrogens is 316 g/mol. The number of thiocarbonyl (C=S) groups is 1. The van der Waals surface area contributed by atoms with Gasteiger partial charge in [0.15, 0.2) is 5.11 Å². The molecule has 5 heteroatoms. The number of nitrogens with zero attached hydrogens (tertiary/aromatic N) is 2. The molecule has 3 aromatic rings. The molecule has 2 N–H and O–H groups in total. The number of hydrogen-bond donors (Lipinski definition) is 2. The van der Waals surface area contributed by atoms with Crippen LogP contribution in [0.3, 0.4) is 0 Å². The summed E-state index contributed by atoms with van der Waals surface area (Å²) in [7, 11) is 0. The molecule has 0 aliphatic heterocycles. The predicted molar refractivity (Wildman–Crippen MR) is 104 cm³/mol. The average Bonchev–Trinajstić information content (AvgIpc) is 3.03. The van der Waals surface area contributed by atoms with Gasteiger partial charge in [0.1, 0.15) is 0 Å². The van der Waals surface area contributed by atoms with Gasteiger partial charge in [-0.3, -0.25) is 4.68 Å². The quantitative estimate of drug-likeness (QED) is 0.695. The first-order valence-electron chi connectivity index (χ1n) is 7.82. The van der Waals surface area contributed by atoms with Crippen LogP contribution >= 0.6 is 12.2 Å². The van der Waals surface area contributed by atoms with Crippen LogP contribution in [-0.2, 0) is 6.54 Å². The number of rotatable bonds is 4. The van der Waals surface area contributed by atoms with Crippen molar-refractivity contribution in [2.24, 2.45) is 0 Å². The molecule has 3 rings (SSSR count). The first-order chi connectivity index (χ1) is 11.6. The van der Waals surface area contributed by atoms with Crippen LogP contribution in [0, 0.1) is 13.8 Å². The Morgan fingerprint density at radius 2 is 1.96 bits per heavy atom. The van der Waals surface area contributed by atoms with E-state index in [0.717, 1.165) is 23.5 Å². The molecule has 0 radical (unpaired) electrons. The molecule has 1 heterocycles. The Labute approximate surface area is 147 Å². The van der Waals surface area contributed by atoms with E-state index in [9.17, 15) is 0 Å². The third kappa shape index (κ3) is 4.20. The molecule has 0 fully saturated rings. The normalized spacial score (nSPS) is 10.4. The Hall–Kier alpha value is -2.66. The highest BCUT2D eigenvalue weighted by Gasteiger charge is 2.03. The van der Waals surface area contributed by atoms with Crippen LogP contribution in [-0.4, -0.2) is 14.9 Å². The van der Waals surface area contributed by atoms with Crippen molar-refractivity contribution in [1.29, 1.82) is 0 Å². The lowest BCUT2D eigenvalue weighted by atomic mass is 10.1. The molecule has 1 aromatic heterocycles. The Kier molecular flexibility index (Phi) is 4.91. The molecular formula is C19H20N4S. The Bertz CT molecular complexity index is 840. The first-order valence-corrected chi connectivity index (χ1v) is 8.22. The fourth-order valence-electron chi connectivity index (χ4n) is 2.57. The van der Waals surface area contributed by atoms with E-state index in [0.29, 0.717) is 5.11 Å². The zero-order chi connectivity index (χ0) is 16.9. The van der Waals surface area contributed by atoms with Crippen LogP contribution in [0.15, 0.2) is 60.9 Å². The molecule has 0 bridgehead atoms. The summed E-state index contributed by atoms with van der Waals surface area (Å²) in [6.45, 7) is 4.89. The van der Waals surface area contributed by atoms with Crippen LogP contribution in [0.25, 0.3) is 0 Å². The maximum absolute atomic E-state index is 5.43. The molecule has 0 unspecified atom stereocenters. The van der Waals surface area contributed by atoms with Crippen molar-refractivity contribution in [2.45, 2.75) is 20.4 Å². The molecule has 122 valence electrons. The predicted octanol–water partition coefficient (Wildman–Crippen LogP) is 4.36. The van der Waals surface area contributed by atoms with Gasteiger partial charge in [0.25, 0.3) is 0 Å². The molecule has 0 aliphatic rings. The molecule has 24 heavy (non-hydrogen) atoms. The summed E-state index contributed by atoms with van der Waals surface area (Å²) in [6.07, 6.45) is 3.73. The highest BCUT2D eigenvalue weighted by atomic mass is 32.1. The zero-order valence-electron chi connectivity index (χ0n) is 13.8. The Balaban J connectivity index is 1.65. The smallest absolute Gasteiger partial charge is 0.175 e. The van der Waals surface area contributed by atoms with Gasteiger partial charge in [-0.15, -0.1) is 0 Å². The van der Waals surface area contributed by atoms with Crippen LogP contribution in [0.4, 0.5) is 11.4 Å². The van der Waals surface area contributed by atoms with Crippen LogP contribution < -0.4 is 10.6 Å². The highest BCUT2D eigenvalue weighted by molar-refractivity contribution is 7.80. The van der Waals surface area contributed by atoms with Gasteiger partial charge in [-0.2, -0.15) is 5.10 Å². The van der Waals surface area contributed by atoms with Gasteiger partial charge in [-0.1, -0.05) is 29.8 Å². The van der Waals surface area contributed by atoms with Gasteiger partial charge in [-0.25, -0.2) is 0 Å². The van der Waals surface area contributed by atoms with E-state index in [2.05, 4.69) is 53.8 Å². The third-order valence-electron chi connectivity index (χ3n) is 3.72. The molecule has 0 aliphatic carbocycles. The van der Waals surface area contributed by atoms with E-state index in [1.807, 2.05) is 35.1 Å². The standard InChI is InChI=1S/C19H20N4S/c1-14-7-8-18(15(2)11-14)22-19(24)21-17-6-3-5-16(12-17)13-23-10-4-9-20-23/h3-12H,13H2,1-2H3,(H2,21,22,24). The van der Waals surface area contributed by atoms with Crippen molar-refractivity contribution in [3.8, 4) is 0 Å². The van der Waals surface area contributed by atoms with Gasteiger partial charge in [0.2, 0.25) is 0 Å². The minimum atomic E-state index is 0.582. The number of aryl methyl sites for hydroxylation is 2. The summed E-state index contributed by atoms with van der Waals surface area (Å²) in [4.78, 5) is 0. The summed E-state index contributed by atoms with van der Waals surface area (Å²) in [5.41, 5.74) is 5.56. The molecule has 2 aromatic carbocycles. The van der Waals surface area contributed by atoms with Crippen molar-refractivity contribution in [1.82, 2.24) is 9.78 Å². The summed E-state index contributed by atoms with van der Waals surface area (Å²) < 4.78 is 1.89. The number of anilines is 2. The summed E-state index contributed by atoms with van der Waals surface area (Å²) in [6, 6.07) is 16.4. The van der Waals surface area contributed by atoms with E-state index >= 15 is 0 Å². The van der Waals surface area contributed by atoms with Gasteiger partial charge in [0.05, 0.1) is 6.54 Å². The highest BCUT2D eigenvalue weighted by Crippen LogP contribution is 2.17. The van der Waals surface area contributed by atoms with Crippen molar-refractivity contribution in [3.05, 3.63) is 77.6 Å². The molecule has 4 nitrogen and oxygen atoms in total. The zero-order valence-corrected chi connectivity index (χ0v) is 14.6. The van der Waals surface area contributed by atoms with E-state index in [1.165, 1.54) is 11.1 Å².